The molecule has 3 fully saturated rings. The fraction of sp³-hybridized carbons (Fsp3) is 0.806. The highest BCUT2D eigenvalue weighted by atomic mass is 16.5. The molecule has 0 aliphatic heterocycles. The van der Waals surface area contributed by atoms with Gasteiger partial charge in [0.25, 0.3) is 0 Å². The van der Waals surface area contributed by atoms with E-state index >= 15 is 0 Å². The van der Waals surface area contributed by atoms with E-state index in [1.54, 1.807) is 5.57 Å². The predicted octanol–water partition coefficient (Wildman–Crippen LogP) is 6.36. The zero-order chi connectivity index (χ0) is 25.6. The van der Waals surface area contributed by atoms with Gasteiger partial charge in [-0.15, -0.1) is 0 Å². The maximum atomic E-state index is 10.8. The summed E-state index contributed by atoms with van der Waals surface area (Å²) in [6, 6.07) is 0. The van der Waals surface area contributed by atoms with Crippen LogP contribution in [-0.2, 0) is 4.74 Å². The van der Waals surface area contributed by atoms with Gasteiger partial charge in [0.2, 0.25) is 0 Å². The fourth-order valence-corrected chi connectivity index (χ4v) is 7.35. The lowest BCUT2D eigenvalue weighted by molar-refractivity contribution is -0.0958. The molecule has 0 aromatic rings. The van der Waals surface area contributed by atoms with Crippen molar-refractivity contribution in [2.75, 3.05) is 13.2 Å². The molecule has 0 aromatic carbocycles. The van der Waals surface area contributed by atoms with Crippen molar-refractivity contribution in [3.8, 4) is 0 Å². The molecule has 7 atom stereocenters. The molecule has 4 nitrogen and oxygen atoms in total. The van der Waals surface area contributed by atoms with Crippen molar-refractivity contribution in [3.63, 3.8) is 0 Å². The first-order valence-electron chi connectivity index (χ1n) is 14.4. The second-order valence-electron chi connectivity index (χ2n) is 12.3. The quantitative estimate of drug-likeness (QED) is 0.296. The van der Waals surface area contributed by atoms with Crippen LogP contribution in [0.1, 0.15) is 98.3 Å². The Bertz CT molecular complexity index is 753. The molecule has 0 aromatic heterocycles. The number of aliphatic hydroxyl groups excluding tert-OH is 3. The molecule has 3 N–H and O–H groups in total. The van der Waals surface area contributed by atoms with Crippen LogP contribution in [0.3, 0.4) is 0 Å². The number of hydrogen-bond donors (Lipinski definition) is 3. The first-order valence-corrected chi connectivity index (χ1v) is 14.4. The Kier molecular flexibility index (Phi) is 10.7. The Morgan fingerprint density at radius 1 is 1.09 bits per heavy atom. The maximum Gasteiger partial charge on any atom is 0.114 e. The molecule has 3 aliphatic rings. The second-order valence-corrected chi connectivity index (χ2v) is 12.3. The number of fused-ring (bicyclic) bond motifs is 1. The first-order chi connectivity index (χ1) is 16.7. The van der Waals surface area contributed by atoms with Crippen LogP contribution >= 0.6 is 0 Å². The third kappa shape index (κ3) is 6.89. The summed E-state index contributed by atoms with van der Waals surface area (Å²) >= 11 is 0. The Morgan fingerprint density at radius 2 is 1.86 bits per heavy atom. The monoisotopic (exact) mass is 488 g/mol. The van der Waals surface area contributed by atoms with Gasteiger partial charge in [0.05, 0.1) is 6.10 Å². The molecule has 0 bridgehead atoms. The van der Waals surface area contributed by atoms with Gasteiger partial charge in [0, 0.05) is 19.6 Å². The molecule has 0 heterocycles. The minimum absolute atomic E-state index is 0.130. The molecule has 200 valence electrons. The third-order valence-electron chi connectivity index (χ3n) is 9.42. The van der Waals surface area contributed by atoms with Gasteiger partial charge in [-0.25, -0.2) is 0 Å². The van der Waals surface area contributed by atoms with Crippen LogP contribution in [0.15, 0.2) is 35.5 Å². The van der Waals surface area contributed by atoms with Crippen molar-refractivity contribution in [2.45, 2.75) is 117 Å². The van der Waals surface area contributed by atoms with E-state index in [1.807, 2.05) is 0 Å². The minimum Gasteiger partial charge on any atom is -0.396 e. The molecule has 4 heteroatoms. The highest BCUT2D eigenvalue weighted by molar-refractivity contribution is 5.40. The molecular weight excluding hydrogens is 436 g/mol. The average molecular weight is 489 g/mol. The largest absolute Gasteiger partial charge is 0.396 e. The normalized spacial score (nSPS) is 36.8. The average Bonchev–Trinajstić information content (AvgIpc) is 3.17. The zero-order valence-electron chi connectivity index (χ0n) is 22.8. The van der Waals surface area contributed by atoms with Crippen molar-refractivity contribution in [3.05, 3.63) is 35.5 Å². The zero-order valence-corrected chi connectivity index (χ0v) is 22.8. The number of hydrogen-bond acceptors (Lipinski definition) is 4. The molecule has 35 heavy (non-hydrogen) atoms. The van der Waals surface area contributed by atoms with Gasteiger partial charge >= 0.3 is 0 Å². The summed E-state index contributed by atoms with van der Waals surface area (Å²) in [7, 11) is 0. The van der Waals surface area contributed by atoms with Crippen LogP contribution < -0.4 is 0 Å². The summed E-state index contributed by atoms with van der Waals surface area (Å²) in [6.45, 7) is 14.4. The molecular formula is C31H52O4. The predicted molar refractivity (Wildman–Crippen MR) is 144 cm³/mol. The lowest BCUT2D eigenvalue weighted by Crippen LogP contribution is -2.45. The number of unbranched alkanes of at least 4 members (excludes halogenated alkanes) is 1. The second kappa shape index (κ2) is 13.0. The molecule has 0 amide bonds. The van der Waals surface area contributed by atoms with E-state index in [1.165, 1.54) is 44.9 Å². The van der Waals surface area contributed by atoms with Gasteiger partial charge in [-0.1, -0.05) is 71.3 Å². The lowest BCUT2D eigenvalue weighted by Gasteiger charge is -2.44. The van der Waals surface area contributed by atoms with E-state index in [9.17, 15) is 10.2 Å². The van der Waals surface area contributed by atoms with E-state index in [4.69, 9.17) is 9.84 Å². The van der Waals surface area contributed by atoms with Crippen molar-refractivity contribution in [1.82, 2.24) is 0 Å². The summed E-state index contributed by atoms with van der Waals surface area (Å²) in [5.74, 6) is 3.05. The van der Waals surface area contributed by atoms with Crippen LogP contribution in [0.4, 0.5) is 0 Å². The number of allylic oxidation sites excluding steroid dienone is 3. The topological polar surface area (TPSA) is 69.9 Å². The number of aliphatic hydroxyl groups is 3. The van der Waals surface area contributed by atoms with E-state index in [0.29, 0.717) is 42.8 Å². The highest BCUT2D eigenvalue weighted by Gasteiger charge is 2.50. The van der Waals surface area contributed by atoms with E-state index in [2.05, 4.69) is 46.4 Å². The smallest absolute Gasteiger partial charge is 0.114 e. The van der Waals surface area contributed by atoms with E-state index in [0.717, 1.165) is 29.7 Å². The van der Waals surface area contributed by atoms with Crippen LogP contribution in [0.25, 0.3) is 0 Å². The molecule has 3 aliphatic carbocycles. The molecule has 0 unspecified atom stereocenters. The lowest BCUT2D eigenvalue weighted by atomic mass is 9.60. The summed E-state index contributed by atoms with van der Waals surface area (Å²) in [4.78, 5) is 0. The Labute approximate surface area is 214 Å². The first kappa shape index (κ1) is 28.6. The van der Waals surface area contributed by atoms with Gasteiger partial charge in [0.1, 0.15) is 12.2 Å². The Hall–Kier alpha value is -0.940. The molecule has 3 rings (SSSR count). The molecule has 0 spiro atoms. The van der Waals surface area contributed by atoms with Gasteiger partial charge < -0.3 is 20.1 Å². The van der Waals surface area contributed by atoms with Crippen LogP contribution in [0.5, 0.6) is 0 Å². The van der Waals surface area contributed by atoms with E-state index < -0.39 is 18.3 Å². The summed E-state index contributed by atoms with van der Waals surface area (Å²) < 4.78 is 5.75. The van der Waals surface area contributed by atoms with Gasteiger partial charge in [-0.05, 0) is 85.2 Å². The van der Waals surface area contributed by atoms with Gasteiger partial charge in [0.15, 0.2) is 0 Å². The van der Waals surface area contributed by atoms with Gasteiger partial charge in [-0.2, -0.15) is 0 Å². The molecule has 3 saturated carbocycles. The van der Waals surface area contributed by atoms with Crippen molar-refractivity contribution >= 4 is 0 Å². The van der Waals surface area contributed by atoms with Gasteiger partial charge in [-0.3, -0.25) is 0 Å². The maximum absolute atomic E-state index is 10.8. The summed E-state index contributed by atoms with van der Waals surface area (Å²) in [6.07, 6.45) is 14.4. The fourth-order valence-electron chi connectivity index (χ4n) is 7.35. The van der Waals surface area contributed by atoms with Crippen LogP contribution in [-0.4, -0.2) is 46.8 Å². The molecule has 0 radical (unpaired) electrons. The number of ether oxygens (including phenoxy) is 1. The third-order valence-corrected chi connectivity index (χ3v) is 9.42. The summed E-state index contributed by atoms with van der Waals surface area (Å²) in [5.41, 5.74) is 3.57. The van der Waals surface area contributed by atoms with Crippen LogP contribution in [0.2, 0.25) is 0 Å². The van der Waals surface area contributed by atoms with E-state index in [-0.39, 0.29) is 6.61 Å². The highest BCUT2D eigenvalue weighted by Crippen LogP contribution is 2.60. The molecule has 0 saturated heterocycles. The van der Waals surface area contributed by atoms with Crippen molar-refractivity contribution in [2.24, 2.45) is 29.1 Å². The van der Waals surface area contributed by atoms with Crippen LogP contribution in [0, 0.1) is 29.1 Å². The SMILES string of the molecule is C=C1/C(=C\C=C2/CCC[C@]3(C)[C@@H]([C@H](C)CCCC(C)C)CC[C@@H]23)C[C@@H](O)[C@H](OCCCCO)[C@@H]1O. The minimum atomic E-state index is -0.892. The van der Waals surface area contributed by atoms with Crippen molar-refractivity contribution in [1.29, 1.82) is 0 Å². The Morgan fingerprint density at radius 3 is 2.57 bits per heavy atom. The summed E-state index contributed by atoms with van der Waals surface area (Å²) in [5, 5.41) is 30.4. The standard InChI is InChI=1S/C31H52O4/c1-21(2)10-8-11-22(3)26-15-16-27-24(12-9-17-31(26,27)5)13-14-25-20-28(33)30(29(34)23(25)4)35-19-7-6-18-32/h13-14,21-22,26-30,32-34H,4,6-12,15-20H2,1-3,5H3/b24-13+,25-14-/t22-,26-,27+,28-,29-,30+,31-/m1/s1. The Balaban J connectivity index is 1.65. The van der Waals surface area contributed by atoms with Crippen molar-refractivity contribution < 1.29 is 20.1 Å². The number of rotatable bonds is 11.